The van der Waals surface area contributed by atoms with Crippen molar-refractivity contribution in [1.29, 1.82) is 0 Å². The summed E-state index contributed by atoms with van der Waals surface area (Å²) in [4.78, 5) is 24.9. The fraction of sp³-hybridized carbons (Fsp3) is 0.833. The Kier molecular flexibility index (Phi) is 2.68. The van der Waals surface area contributed by atoms with Gasteiger partial charge in [0.2, 0.25) is 5.91 Å². The maximum atomic E-state index is 11.7. The van der Waals surface area contributed by atoms with Gasteiger partial charge in [0.1, 0.15) is 0 Å². The molecule has 1 heterocycles. The molecule has 2 atom stereocenters. The quantitative estimate of drug-likeness (QED) is 0.737. The van der Waals surface area contributed by atoms with Gasteiger partial charge in [-0.15, -0.1) is 0 Å². The summed E-state index contributed by atoms with van der Waals surface area (Å²) in [5.41, 5.74) is 0.329. The summed E-state index contributed by atoms with van der Waals surface area (Å²) in [6.45, 7) is 6.92. The highest BCUT2D eigenvalue weighted by Crippen LogP contribution is 2.39. The van der Waals surface area contributed by atoms with Crippen LogP contribution in [0.4, 0.5) is 4.79 Å². The monoisotopic (exact) mass is 224 g/mol. The van der Waals surface area contributed by atoms with Crippen LogP contribution in [0.2, 0.25) is 0 Å². The molecule has 2 unspecified atom stereocenters. The van der Waals surface area contributed by atoms with Gasteiger partial charge in [0.05, 0.1) is 5.92 Å². The van der Waals surface area contributed by atoms with Crippen molar-refractivity contribution >= 4 is 11.9 Å². The number of carbonyl (C=O) groups excluding carboxylic acids is 2. The third-order valence-corrected chi connectivity index (χ3v) is 3.79. The van der Waals surface area contributed by atoms with Crippen molar-refractivity contribution in [2.75, 3.05) is 6.54 Å². The Morgan fingerprint density at radius 1 is 1.38 bits per heavy atom. The molecule has 0 aromatic rings. The Labute approximate surface area is 96.4 Å². The largest absolute Gasteiger partial charge is 0.324 e. The normalized spacial score (nSPS) is 34.1. The molecule has 0 spiro atoms. The highest BCUT2D eigenvalue weighted by Gasteiger charge is 2.39. The lowest BCUT2D eigenvalue weighted by Gasteiger charge is -2.35. The molecule has 2 rings (SSSR count). The van der Waals surface area contributed by atoms with Crippen LogP contribution in [0, 0.1) is 11.3 Å². The maximum Gasteiger partial charge on any atom is 0.324 e. The number of urea groups is 1. The molecule has 3 amide bonds. The number of hydrogen-bond acceptors (Lipinski definition) is 2. The highest BCUT2D eigenvalue weighted by atomic mass is 16.2. The average Bonchev–Trinajstić information content (AvgIpc) is 2.52. The minimum Gasteiger partial charge on any atom is -0.321 e. The molecule has 90 valence electrons. The van der Waals surface area contributed by atoms with E-state index in [4.69, 9.17) is 0 Å². The average molecular weight is 224 g/mol. The number of hydrogen-bond donors (Lipinski definition) is 1. The van der Waals surface area contributed by atoms with E-state index in [9.17, 15) is 9.59 Å². The molecule has 2 aliphatic rings. The number of nitrogens with zero attached hydrogens (tertiary/aromatic N) is 1. The first kappa shape index (κ1) is 11.4. The van der Waals surface area contributed by atoms with Crippen LogP contribution in [0.15, 0.2) is 0 Å². The van der Waals surface area contributed by atoms with Crippen LogP contribution in [0.1, 0.15) is 40.0 Å². The number of nitrogens with one attached hydrogen (secondary N) is 1. The Morgan fingerprint density at radius 3 is 2.62 bits per heavy atom. The van der Waals surface area contributed by atoms with Crippen molar-refractivity contribution in [3.63, 3.8) is 0 Å². The standard InChI is InChI=1S/C12H20N2O2/c1-8-7-14(11(16)13-10(8)15)9-4-5-12(2,3)6-9/h8-9H,4-7H2,1-3H3,(H,13,15,16). The summed E-state index contributed by atoms with van der Waals surface area (Å²) in [5, 5.41) is 2.43. The maximum absolute atomic E-state index is 11.7. The molecule has 0 bridgehead atoms. The Balaban J connectivity index is 2.05. The van der Waals surface area contributed by atoms with Gasteiger partial charge in [-0.3, -0.25) is 10.1 Å². The van der Waals surface area contributed by atoms with Crippen molar-refractivity contribution in [2.24, 2.45) is 11.3 Å². The Morgan fingerprint density at radius 2 is 2.06 bits per heavy atom. The SMILES string of the molecule is CC1CN(C2CCC(C)(C)C2)C(=O)NC1=O. The number of imide groups is 1. The third kappa shape index (κ3) is 2.06. The first-order valence-electron chi connectivity index (χ1n) is 6.00. The second kappa shape index (κ2) is 3.75. The van der Waals surface area contributed by atoms with Crippen molar-refractivity contribution < 1.29 is 9.59 Å². The third-order valence-electron chi connectivity index (χ3n) is 3.79. The van der Waals surface area contributed by atoms with E-state index in [1.807, 2.05) is 11.8 Å². The van der Waals surface area contributed by atoms with E-state index in [1.165, 1.54) is 0 Å². The zero-order chi connectivity index (χ0) is 11.9. The summed E-state index contributed by atoms with van der Waals surface area (Å²) in [6.07, 6.45) is 3.26. The molecule has 1 saturated heterocycles. The van der Waals surface area contributed by atoms with Crippen molar-refractivity contribution in [3.8, 4) is 0 Å². The topological polar surface area (TPSA) is 49.4 Å². The van der Waals surface area contributed by atoms with Crippen LogP contribution in [-0.2, 0) is 4.79 Å². The predicted molar refractivity (Wildman–Crippen MR) is 60.8 cm³/mol. The first-order chi connectivity index (χ1) is 7.39. The van der Waals surface area contributed by atoms with Gasteiger partial charge in [-0.2, -0.15) is 0 Å². The zero-order valence-corrected chi connectivity index (χ0v) is 10.2. The Bertz CT molecular complexity index is 325. The van der Waals surface area contributed by atoms with E-state index in [-0.39, 0.29) is 17.9 Å². The number of rotatable bonds is 1. The summed E-state index contributed by atoms with van der Waals surface area (Å²) in [6, 6.07) is 0.108. The summed E-state index contributed by atoms with van der Waals surface area (Å²) in [7, 11) is 0. The second-order valence-electron chi connectivity index (χ2n) is 5.91. The minimum absolute atomic E-state index is 0.0820. The molecule has 0 aromatic heterocycles. The first-order valence-corrected chi connectivity index (χ1v) is 6.00. The van der Waals surface area contributed by atoms with Crippen LogP contribution in [-0.4, -0.2) is 29.4 Å². The van der Waals surface area contributed by atoms with Gasteiger partial charge in [-0.05, 0) is 24.7 Å². The minimum atomic E-state index is -0.203. The van der Waals surface area contributed by atoms with Gasteiger partial charge in [-0.25, -0.2) is 4.79 Å². The van der Waals surface area contributed by atoms with Crippen molar-refractivity contribution in [3.05, 3.63) is 0 Å². The van der Waals surface area contributed by atoms with E-state index >= 15 is 0 Å². The van der Waals surface area contributed by atoms with Gasteiger partial charge >= 0.3 is 6.03 Å². The van der Waals surface area contributed by atoms with E-state index < -0.39 is 0 Å². The second-order valence-corrected chi connectivity index (χ2v) is 5.91. The van der Waals surface area contributed by atoms with Crippen molar-refractivity contribution in [2.45, 2.75) is 46.1 Å². The van der Waals surface area contributed by atoms with Gasteiger partial charge in [-0.1, -0.05) is 20.8 Å². The van der Waals surface area contributed by atoms with Crippen LogP contribution in [0.3, 0.4) is 0 Å². The lowest BCUT2D eigenvalue weighted by molar-refractivity contribution is -0.125. The molecule has 4 heteroatoms. The lowest BCUT2D eigenvalue weighted by Crippen LogP contribution is -2.56. The molecule has 1 aliphatic carbocycles. The molecule has 4 nitrogen and oxygen atoms in total. The lowest BCUT2D eigenvalue weighted by atomic mass is 9.91. The van der Waals surface area contributed by atoms with E-state index in [0.29, 0.717) is 18.0 Å². The highest BCUT2D eigenvalue weighted by molar-refractivity contribution is 5.97. The number of amides is 3. The van der Waals surface area contributed by atoms with Crippen LogP contribution >= 0.6 is 0 Å². The van der Waals surface area contributed by atoms with Crippen LogP contribution in [0.25, 0.3) is 0 Å². The van der Waals surface area contributed by atoms with E-state index in [0.717, 1.165) is 19.3 Å². The summed E-state index contributed by atoms with van der Waals surface area (Å²) < 4.78 is 0. The summed E-state index contributed by atoms with van der Waals surface area (Å²) >= 11 is 0. The molecule has 0 aromatic carbocycles. The Hall–Kier alpha value is -1.06. The molecule has 0 radical (unpaired) electrons. The van der Waals surface area contributed by atoms with Crippen LogP contribution < -0.4 is 5.32 Å². The summed E-state index contributed by atoms with van der Waals surface area (Å²) in [5.74, 6) is -0.222. The van der Waals surface area contributed by atoms with Crippen molar-refractivity contribution in [1.82, 2.24) is 10.2 Å². The molecular weight excluding hydrogens is 204 g/mol. The predicted octanol–water partition coefficient (Wildman–Crippen LogP) is 1.75. The molecule has 1 saturated carbocycles. The van der Waals surface area contributed by atoms with E-state index in [2.05, 4.69) is 19.2 Å². The zero-order valence-electron chi connectivity index (χ0n) is 10.2. The fourth-order valence-electron chi connectivity index (χ4n) is 2.74. The van der Waals surface area contributed by atoms with Gasteiger partial charge in [0.25, 0.3) is 0 Å². The fourth-order valence-corrected chi connectivity index (χ4v) is 2.74. The van der Waals surface area contributed by atoms with Gasteiger partial charge < -0.3 is 4.90 Å². The smallest absolute Gasteiger partial charge is 0.321 e. The number of carbonyl (C=O) groups is 2. The molecule has 1 aliphatic heterocycles. The molecule has 1 N–H and O–H groups in total. The van der Waals surface area contributed by atoms with Crippen LogP contribution in [0.5, 0.6) is 0 Å². The molecule has 2 fully saturated rings. The van der Waals surface area contributed by atoms with Gasteiger partial charge in [0.15, 0.2) is 0 Å². The van der Waals surface area contributed by atoms with E-state index in [1.54, 1.807) is 0 Å². The molecular formula is C12H20N2O2. The molecule has 16 heavy (non-hydrogen) atoms. The van der Waals surface area contributed by atoms with Gasteiger partial charge in [0, 0.05) is 12.6 Å².